The van der Waals surface area contributed by atoms with Crippen molar-refractivity contribution in [3.05, 3.63) is 62.9 Å². The van der Waals surface area contributed by atoms with Crippen LogP contribution in [0.2, 0.25) is 10.0 Å². The maximum atomic E-state index is 11.7. The van der Waals surface area contributed by atoms with Gasteiger partial charge in [0.05, 0.1) is 4.92 Å². The van der Waals surface area contributed by atoms with Crippen LogP contribution in [-0.4, -0.2) is 28.1 Å². The van der Waals surface area contributed by atoms with Gasteiger partial charge in [0, 0.05) is 27.5 Å². The minimum absolute atomic E-state index is 0.0108. The summed E-state index contributed by atoms with van der Waals surface area (Å²) in [7, 11) is 0. The minimum Gasteiger partial charge on any atom is -0.486 e. The second-order valence-electron chi connectivity index (χ2n) is 5.94. The Morgan fingerprint density at radius 3 is 2.17 bits per heavy atom. The van der Waals surface area contributed by atoms with E-state index in [0.717, 1.165) is 0 Å². The van der Waals surface area contributed by atoms with Gasteiger partial charge in [-0.25, -0.2) is 9.97 Å². The van der Waals surface area contributed by atoms with E-state index >= 15 is 0 Å². The van der Waals surface area contributed by atoms with Gasteiger partial charge >= 0.3 is 5.69 Å². The van der Waals surface area contributed by atoms with Gasteiger partial charge in [-0.3, -0.25) is 10.1 Å². The van der Waals surface area contributed by atoms with Crippen LogP contribution < -0.4 is 20.1 Å². The Labute approximate surface area is 174 Å². The first-order valence-corrected chi connectivity index (χ1v) is 9.14. The molecule has 0 amide bonds. The summed E-state index contributed by atoms with van der Waals surface area (Å²) in [6, 6.07) is 9.82. The molecule has 0 aliphatic carbocycles. The predicted molar refractivity (Wildman–Crippen MR) is 109 cm³/mol. The van der Waals surface area contributed by atoms with E-state index < -0.39 is 4.92 Å². The number of fused-ring (bicyclic) bond motifs is 1. The van der Waals surface area contributed by atoms with Crippen LogP contribution in [-0.2, 0) is 0 Å². The molecule has 2 heterocycles. The first-order valence-electron chi connectivity index (χ1n) is 8.39. The molecule has 0 fully saturated rings. The van der Waals surface area contributed by atoms with Crippen molar-refractivity contribution in [2.45, 2.75) is 0 Å². The minimum atomic E-state index is -0.575. The van der Waals surface area contributed by atoms with Crippen LogP contribution in [0.1, 0.15) is 0 Å². The summed E-state index contributed by atoms with van der Waals surface area (Å²) in [4.78, 5) is 19.2. The number of nitrogens with one attached hydrogen (secondary N) is 2. The normalized spacial score (nSPS) is 12.3. The number of benzene rings is 2. The van der Waals surface area contributed by atoms with E-state index in [0.29, 0.717) is 46.1 Å². The summed E-state index contributed by atoms with van der Waals surface area (Å²) >= 11 is 12.0. The van der Waals surface area contributed by atoms with E-state index in [1.165, 1.54) is 6.33 Å². The number of aromatic nitrogens is 2. The lowest BCUT2D eigenvalue weighted by Gasteiger charge is -2.19. The van der Waals surface area contributed by atoms with E-state index in [2.05, 4.69) is 20.6 Å². The fourth-order valence-electron chi connectivity index (χ4n) is 2.76. The van der Waals surface area contributed by atoms with Crippen molar-refractivity contribution in [3.8, 4) is 11.5 Å². The van der Waals surface area contributed by atoms with Gasteiger partial charge in [-0.15, -0.1) is 0 Å². The van der Waals surface area contributed by atoms with Gasteiger partial charge in [-0.2, -0.15) is 0 Å². The first kappa shape index (κ1) is 19.0. The molecule has 2 N–H and O–H groups in total. The Balaban J connectivity index is 1.67. The number of nitro groups is 1. The van der Waals surface area contributed by atoms with Gasteiger partial charge < -0.3 is 20.1 Å². The van der Waals surface area contributed by atoms with Crippen LogP contribution in [0.15, 0.2) is 42.7 Å². The average molecular weight is 434 g/mol. The molecule has 4 rings (SSSR count). The first-order chi connectivity index (χ1) is 14.0. The smallest absolute Gasteiger partial charge is 0.353 e. The topological polar surface area (TPSA) is 111 Å². The lowest BCUT2D eigenvalue weighted by molar-refractivity contribution is -0.383. The van der Waals surface area contributed by atoms with Crippen molar-refractivity contribution in [1.29, 1.82) is 0 Å². The van der Waals surface area contributed by atoms with Crippen LogP contribution in [0.5, 0.6) is 11.5 Å². The van der Waals surface area contributed by atoms with Gasteiger partial charge in [0.15, 0.2) is 11.5 Å². The highest BCUT2D eigenvalue weighted by Crippen LogP contribution is 2.37. The van der Waals surface area contributed by atoms with Crippen molar-refractivity contribution >= 4 is 51.9 Å². The number of anilines is 4. The number of hydrogen-bond donors (Lipinski definition) is 2. The lowest BCUT2D eigenvalue weighted by atomic mass is 10.2. The summed E-state index contributed by atoms with van der Waals surface area (Å²) in [6.45, 7) is 0.903. The molecule has 0 radical (unpaired) electrons. The van der Waals surface area contributed by atoms with Crippen LogP contribution >= 0.6 is 23.2 Å². The predicted octanol–water partition coefficient (Wildman–Crippen LogP) is 4.95. The van der Waals surface area contributed by atoms with Crippen LogP contribution in [0, 0.1) is 10.1 Å². The van der Waals surface area contributed by atoms with Crippen LogP contribution in [0.3, 0.4) is 0 Å². The maximum Gasteiger partial charge on any atom is 0.353 e. The van der Waals surface area contributed by atoms with Gasteiger partial charge in [-0.05, 0) is 30.3 Å². The number of ether oxygens (including phenoxy) is 2. The monoisotopic (exact) mass is 433 g/mol. The van der Waals surface area contributed by atoms with Gasteiger partial charge in [-0.1, -0.05) is 23.2 Å². The summed E-state index contributed by atoms with van der Waals surface area (Å²) in [5.74, 6) is 1.16. The third-order valence-electron chi connectivity index (χ3n) is 3.94. The zero-order valence-electron chi connectivity index (χ0n) is 14.7. The molecule has 3 aromatic rings. The standard InChI is InChI=1S/C18H13Cl2N5O4/c19-10-5-11(20)7-13(6-10)24-18-16(25(26)27)17(21-9-22-18)23-12-1-2-14-15(8-12)29-4-3-28-14/h1-2,5-9H,3-4H2,(H2,21,22,23,24). The molecule has 1 aromatic heterocycles. The number of hydrogen-bond acceptors (Lipinski definition) is 8. The average Bonchev–Trinajstić information content (AvgIpc) is 2.67. The molecule has 2 aromatic carbocycles. The van der Waals surface area contributed by atoms with E-state index in [1.807, 2.05) is 0 Å². The summed E-state index contributed by atoms with van der Waals surface area (Å²) in [5, 5.41) is 18.3. The molecule has 1 aliphatic heterocycles. The molecule has 0 unspecified atom stereocenters. The second-order valence-corrected chi connectivity index (χ2v) is 6.82. The fraction of sp³-hybridized carbons (Fsp3) is 0.111. The third-order valence-corrected chi connectivity index (χ3v) is 4.37. The Morgan fingerprint density at radius 1 is 0.897 bits per heavy atom. The quantitative estimate of drug-likeness (QED) is 0.429. The number of nitrogens with zero attached hydrogens (tertiary/aromatic N) is 3. The molecule has 9 nitrogen and oxygen atoms in total. The largest absolute Gasteiger partial charge is 0.486 e. The molecule has 0 saturated carbocycles. The van der Waals surface area contributed by atoms with Gasteiger partial charge in [0.2, 0.25) is 11.6 Å². The molecule has 0 atom stereocenters. The molecule has 11 heteroatoms. The van der Waals surface area contributed by atoms with Crippen LogP contribution in [0.4, 0.5) is 28.7 Å². The van der Waals surface area contributed by atoms with Crippen molar-refractivity contribution in [1.82, 2.24) is 9.97 Å². The van der Waals surface area contributed by atoms with Gasteiger partial charge in [0.25, 0.3) is 0 Å². The molecule has 29 heavy (non-hydrogen) atoms. The maximum absolute atomic E-state index is 11.7. The molecule has 148 valence electrons. The van der Waals surface area contributed by atoms with Crippen molar-refractivity contribution < 1.29 is 14.4 Å². The molecule has 0 saturated heterocycles. The highest BCUT2D eigenvalue weighted by molar-refractivity contribution is 6.35. The van der Waals surface area contributed by atoms with Crippen molar-refractivity contribution in [2.75, 3.05) is 23.8 Å². The number of rotatable bonds is 5. The van der Waals surface area contributed by atoms with E-state index in [4.69, 9.17) is 32.7 Å². The van der Waals surface area contributed by atoms with Crippen molar-refractivity contribution in [3.63, 3.8) is 0 Å². The highest BCUT2D eigenvalue weighted by Gasteiger charge is 2.24. The summed E-state index contributed by atoms with van der Waals surface area (Å²) in [6.07, 6.45) is 1.21. The Bertz CT molecular complexity index is 1080. The fourth-order valence-corrected chi connectivity index (χ4v) is 3.28. The number of halogens is 2. The molecule has 0 bridgehead atoms. The van der Waals surface area contributed by atoms with Gasteiger partial charge in [0.1, 0.15) is 19.5 Å². The van der Waals surface area contributed by atoms with E-state index in [1.54, 1.807) is 36.4 Å². The SMILES string of the molecule is O=[N+]([O-])c1c(Nc2cc(Cl)cc(Cl)c2)ncnc1Nc1ccc2c(c1)OCCO2. The highest BCUT2D eigenvalue weighted by atomic mass is 35.5. The lowest BCUT2D eigenvalue weighted by Crippen LogP contribution is -2.15. The van der Waals surface area contributed by atoms with E-state index in [-0.39, 0.29) is 17.3 Å². The molecule has 1 aliphatic rings. The molecule has 0 spiro atoms. The summed E-state index contributed by atoms with van der Waals surface area (Å²) < 4.78 is 11.0. The van der Waals surface area contributed by atoms with Crippen molar-refractivity contribution in [2.24, 2.45) is 0 Å². The Morgan fingerprint density at radius 2 is 1.52 bits per heavy atom. The van der Waals surface area contributed by atoms with E-state index in [9.17, 15) is 10.1 Å². The summed E-state index contributed by atoms with van der Waals surface area (Å²) in [5.41, 5.74) is 0.667. The molecular weight excluding hydrogens is 421 g/mol. The third kappa shape index (κ3) is 4.25. The zero-order valence-corrected chi connectivity index (χ0v) is 16.2. The zero-order chi connectivity index (χ0) is 20.4. The van der Waals surface area contributed by atoms with Crippen LogP contribution in [0.25, 0.3) is 0 Å². The Hall–Kier alpha value is -3.30. The Kier molecular flexibility index (Phi) is 5.24. The molecular formula is C18H13Cl2N5O4. The second kappa shape index (κ2) is 7.98.